The molecule has 0 amide bonds. The number of aliphatic carboxylic acids is 1. The molecule has 0 aliphatic heterocycles. The molecule has 0 bridgehead atoms. The van der Waals surface area contributed by atoms with Crippen LogP contribution in [0.25, 0.3) is 11.4 Å². The molecule has 1 N–H and O–H groups in total. The zero-order valence-electron chi connectivity index (χ0n) is 10.6. The lowest BCUT2D eigenvalue weighted by molar-refractivity contribution is -0.138. The highest BCUT2D eigenvalue weighted by Gasteiger charge is 2.17. The first-order valence-electron chi connectivity index (χ1n) is 5.90. The predicted octanol–water partition coefficient (Wildman–Crippen LogP) is 2.35. The van der Waals surface area contributed by atoms with Gasteiger partial charge in [0.1, 0.15) is 5.82 Å². The number of hydrogen-bond acceptors (Lipinski definition) is 4. The van der Waals surface area contributed by atoms with Crippen LogP contribution in [0.15, 0.2) is 22.7 Å². The summed E-state index contributed by atoms with van der Waals surface area (Å²) >= 11 is 3.27. The fourth-order valence-electron chi connectivity index (χ4n) is 1.85. The lowest BCUT2D eigenvalue weighted by Crippen LogP contribution is -2.14. The molecule has 8 heteroatoms. The zero-order chi connectivity index (χ0) is 14.7. The van der Waals surface area contributed by atoms with Crippen LogP contribution in [-0.2, 0) is 11.3 Å². The van der Waals surface area contributed by atoms with E-state index in [0.717, 1.165) is 0 Å². The molecule has 2 aromatic rings. The van der Waals surface area contributed by atoms with Crippen LogP contribution < -0.4 is 0 Å². The number of nitrogens with zero attached hydrogens (tertiary/aromatic N) is 4. The number of tetrazole rings is 1. The van der Waals surface area contributed by atoms with Crippen molar-refractivity contribution in [2.45, 2.75) is 19.9 Å². The summed E-state index contributed by atoms with van der Waals surface area (Å²) < 4.78 is 16.0. The van der Waals surface area contributed by atoms with Gasteiger partial charge < -0.3 is 5.11 Å². The van der Waals surface area contributed by atoms with Crippen molar-refractivity contribution in [2.75, 3.05) is 0 Å². The molecule has 1 heterocycles. The van der Waals surface area contributed by atoms with Crippen molar-refractivity contribution in [1.29, 1.82) is 0 Å². The lowest BCUT2D eigenvalue weighted by atomic mass is 10.1. The Morgan fingerprint density at radius 3 is 3.00 bits per heavy atom. The van der Waals surface area contributed by atoms with Crippen molar-refractivity contribution in [3.8, 4) is 11.4 Å². The SMILES string of the molecule is CC(CC(=O)O)Cn1nnnc1-c1cc(Br)ccc1F. The van der Waals surface area contributed by atoms with Gasteiger partial charge >= 0.3 is 5.97 Å². The van der Waals surface area contributed by atoms with E-state index in [9.17, 15) is 9.18 Å². The van der Waals surface area contributed by atoms with E-state index in [1.807, 2.05) is 0 Å². The molecule has 1 atom stereocenters. The summed E-state index contributed by atoms with van der Waals surface area (Å²) in [6, 6.07) is 4.48. The van der Waals surface area contributed by atoms with Crippen LogP contribution in [0.4, 0.5) is 4.39 Å². The van der Waals surface area contributed by atoms with Crippen LogP contribution in [0.1, 0.15) is 13.3 Å². The molecular weight excluding hydrogens is 331 g/mol. The molecule has 20 heavy (non-hydrogen) atoms. The molecule has 6 nitrogen and oxygen atoms in total. The maximum absolute atomic E-state index is 13.8. The Morgan fingerprint density at radius 1 is 1.55 bits per heavy atom. The second kappa shape index (κ2) is 6.08. The quantitative estimate of drug-likeness (QED) is 0.901. The van der Waals surface area contributed by atoms with E-state index in [4.69, 9.17) is 5.11 Å². The summed E-state index contributed by atoms with van der Waals surface area (Å²) in [5.41, 5.74) is 0.270. The summed E-state index contributed by atoms with van der Waals surface area (Å²) in [4.78, 5) is 10.7. The van der Waals surface area contributed by atoms with E-state index in [1.165, 1.54) is 10.7 Å². The number of aromatic nitrogens is 4. The average Bonchev–Trinajstić information content (AvgIpc) is 2.79. The second-order valence-corrected chi connectivity index (χ2v) is 5.43. The third-order valence-electron chi connectivity index (χ3n) is 2.71. The van der Waals surface area contributed by atoms with Crippen molar-refractivity contribution in [1.82, 2.24) is 20.2 Å². The van der Waals surface area contributed by atoms with Gasteiger partial charge in [0.25, 0.3) is 0 Å². The highest BCUT2D eigenvalue weighted by Crippen LogP contribution is 2.24. The molecule has 1 aromatic carbocycles. The van der Waals surface area contributed by atoms with Gasteiger partial charge in [0, 0.05) is 17.4 Å². The Labute approximate surface area is 122 Å². The maximum atomic E-state index is 13.8. The van der Waals surface area contributed by atoms with Crippen molar-refractivity contribution in [3.63, 3.8) is 0 Å². The van der Waals surface area contributed by atoms with Gasteiger partial charge in [-0.05, 0) is 34.5 Å². The van der Waals surface area contributed by atoms with Crippen LogP contribution in [0, 0.1) is 11.7 Å². The van der Waals surface area contributed by atoms with Crippen LogP contribution in [0.5, 0.6) is 0 Å². The van der Waals surface area contributed by atoms with E-state index < -0.39 is 11.8 Å². The highest BCUT2D eigenvalue weighted by atomic mass is 79.9. The molecule has 0 radical (unpaired) electrons. The van der Waals surface area contributed by atoms with E-state index in [0.29, 0.717) is 11.0 Å². The third kappa shape index (κ3) is 3.38. The molecule has 0 aliphatic rings. The Kier molecular flexibility index (Phi) is 4.43. The van der Waals surface area contributed by atoms with E-state index in [1.54, 1.807) is 19.1 Å². The molecule has 0 saturated carbocycles. The molecule has 0 aliphatic carbocycles. The van der Waals surface area contributed by atoms with E-state index >= 15 is 0 Å². The molecule has 0 fully saturated rings. The van der Waals surface area contributed by atoms with E-state index in [2.05, 4.69) is 31.5 Å². The van der Waals surface area contributed by atoms with Crippen molar-refractivity contribution < 1.29 is 14.3 Å². The van der Waals surface area contributed by atoms with Crippen LogP contribution in [0.2, 0.25) is 0 Å². The average molecular weight is 343 g/mol. The summed E-state index contributed by atoms with van der Waals surface area (Å²) in [5, 5.41) is 19.9. The Morgan fingerprint density at radius 2 is 2.30 bits per heavy atom. The Balaban J connectivity index is 2.28. The van der Waals surface area contributed by atoms with Gasteiger partial charge in [0.2, 0.25) is 0 Å². The van der Waals surface area contributed by atoms with Gasteiger partial charge in [-0.15, -0.1) is 5.10 Å². The Bertz CT molecular complexity index is 632. The minimum absolute atomic E-state index is 0.000264. The number of benzene rings is 1. The second-order valence-electron chi connectivity index (χ2n) is 4.51. The van der Waals surface area contributed by atoms with Crippen LogP contribution >= 0.6 is 15.9 Å². The first-order chi connectivity index (χ1) is 9.47. The first-order valence-corrected chi connectivity index (χ1v) is 6.70. The Hall–Kier alpha value is -1.83. The maximum Gasteiger partial charge on any atom is 0.303 e. The summed E-state index contributed by atoms with van der Waals surface area (Å²) in [5.74, 6) is -1.21. The number of hydrogen-bond donors (Lipinski definition) is 1. The van der Waals surface area contributed by atoms with Gasteiger partial charge in [-0.3, -0.25) is 4.79 Å². The fourth-order valence-corrected chi connectivity index (χ4v) is 2.21. The third-order valence-corrected chi connectivity index (χ3v) is 3.20. The molecular formula is C12H12BrFN4O2. The van der Waals surface area contributed by atoms with Gasteiger partial charge in [0.05, 0.1) is 5.56 Å². The summed E-state index contributed by atoms with van der Waals surface area (Å²) in [7, 11) is 0. The molecule has 1 unspecified atom stereocenters. The van der Waals surface area contributed by atoms with Crippen molar-refractivity contribution >= 4 is 21.9 Å². The smallest absolute Gasteiger partial charge is 0.303 e. The minimum Gasteiger partial charge on any atom is -0.481 e. The predicted molar refractivity (Wildman–Crippen MR) is 72.3 cm³/mol. The van der Waals surface area contributed by atoms with Crippen molar-refractivity contribution in [2.24, 2.45) is 5.92 Å². The monoisotopic (exact) mass is 342 g/mol. The number of halogens is 2. The normalized spacial score (nSPS) is 12.3. The molecule has 1 aromatic heterocycles. The topological polar surface area (TPSA) is 80.9 Å². The molecule has 0 saturated heterocycles. The standard InChI is InChI=1S/C12H12BrFN4O2/c1-7(4-11(19)20)6-18-12(15-16-17-18)9-5-8(13)2-3-10(9)14/h2-3,5,7H,4,6H2,1H3,(H,19,20). The first kappa shape index (κ1) is 14.6. The molecule has 106 valence electrons. The zero-order valence-corrected chi connectivity index (χ0v) is 12.2. The molecule has 2 rings (SSSR count). The van der Waals surface area contributed by atoms with Gasteiger partial charge in [-0.2, -0.15) is 0 Å². The summed E-state index contributed by atoms with van der Waals surface area (Å²) in [6.45, 7) is 2.08. The fraction of sp³-hybridized carbons (Fsp3) is 0.333. The van der Waals surface area contributed by atoms with E-state index in [-0.39, 0.29) is 23.7 Å². The minimum atomic E-state index is -0.888. The number of carboxylic acid groups (broad SMARTS) is 1. The van der Waals surface area contributed by atoms with Gasteiger partial charge in [-0.1, -0.05) is 22.9 Å². The van der Waals surface area contributed by atoms with Gasteiger partial charge in [-0.25, -0.2) is 9.07 Å². The molecule has 0 spiro atoms. The van der Waals surface area contributed by atoms with Gasteiger partial charge in [0.15, 0.2) is 5.82 Å². The van der Waals surface area contributed by atoms with Crippen LogP contribution in [0.3, 0.4) is 0 Å². The number of carbonyl (C=O) groups is 1. The number of rotatable bonds is 5. The highest BCUT2D eigenvalue weighted by molar-refractivity contribution is 9.10. The lowest BCUT2D eigenvalue weighted by Gasteiger charge is -2.10. The van der Waals surface area contributed by atoms with Crippen LogP contribution in [-0.4, -0.2) is 31.3 Å². The largest absolute Gasteiger partial charge is 0.481 e. The van der Waals surface area contributed by atoms with Crippen molar-refractivity contribution in [3.05, 3.63) is 28.5 Å². The number of carboxylic acids is 1. The summed E-state index contributed by atoms with van der Waals surface area (Å²) in [6.07, 6.45) is 0.000264.